The van der Waals surface area contributed by atoms with Crippen LogP contribution in [0.5, 0.6) is 0 Å². The fraction of sp³-hybridized carbons (Fsp3) is 0.111. The number of aromatic nitrogens is 1. The topological polar surface area (TPSA) is 63.3 Å². The van der Waals surface area contributed by atoms with E-state index in [4.69, 9.17) is 21.1 Å². The molecule has 2 aromatic rings. The van der Waals surface area contributed by atoms with Gasteiger partial charge in [-0.15, -0.1) is 11.3 Å². The fourth-order valence-corrected chi connectivity index (χ4v) is 2.09. The van der Waals surface area contributed by atoms with Crippen molar-refractivity contribution in [1.82, 2.24) is 4.98 Å². The second kappa shape index (κ2) is 4.04. The van der Waals surface area contributed by atoms with E-state index in [0.717, 1.165) is 0 Å². The number of furan rings is 1. The highest BCUT2D eigenvalue weighted by molar-refractivity contribution is 7.15. The van der Waals surface area contributed by atoms with Crippen LogP contribution < -0.4 is 0 Å². The highest BCUT2D eigenvalue weighted by atomic mass is 35.5. The fourth-order valence-electron chi connectivity index (χ4n) is 1.08. The molecule has 6 heteroatoms. The summed E-state index contributed by atoms with van der Waals surface area (Å²) in [6.45, 7) is 0. The van der Waals surface area contributed by atoms with E-state index in [1.165, 1.54) is 17.5 Å². The number of nitrogens with zero attached hydrogens (tertiary/aromatic N) is 1. The van der Waals surface area contributed by atoms with Crippen LogP contribution in [-0.2, 0) is 11.2 Å². The number of thiazole rings is 1. The lowest BCUT2D eigenvalue weighted by Gasteiger charge is -1.87. The first-order chi connectivity index (χ1) is 7.15. The van der Waals surface area contributed by atoms with Crippen LogP contribution in [0.3, 0.4) is 0 Å². The molecule has 4 nitrogen and oxygen atoms in total. The SMILES string of the molecule is O=C(O)Cc1cnc(-c2ccc(Cl)o2)s1. The molecule has 1 N–H and O–H groups in total. The lowest BCUT2D eigenvalue weighted by atomic mass is 10.4. The molecule has 2 aromatic heterocycles. The van der Waals surface area contributed by atoms with Crippen molar-refractivity contribution in [1.29, 1.82) is 0 Å². The van der Waals surface area contributed by atoms with E-state index in [-0.39, 0.29) is 6.42 Å². The van der Waals surface area contributed by atoms with Crippen LogP contribution >= 0.6 is 22.9 Å². The Morgan fingerprint density at radius 2 is 2.40 bits per heavy atom. The van der Waals surface area contributed by atoms with Gasteiger partial charge in [-0.3, -0.25) is 4.79 Å². The number of aliphatic carboxylic acids is 1. The van der Waals surface area contributed by atoms with Gasteiger partial charge in [0.2, 0.25) is 0 Å². The molecule has 0 unspecified atom stereocenters. The molecule has 0 saturated heterocycles. The molecule has 2 heterocycles. The van der Waals surface area contributed by atoms with Gasteiger partial charge in [0.25, 0.3) is 0 Å². The van der Waals surface area contributed by atoms with Gasteiger partial charge in [-0.2, -0.15) is 0 Å². The van der Waals surface area contributed by atoms with Crippen molar-refractivity contribution in [2.75, 3.05) is 0 Å². The number of halogens is 1. The van der Waals surface area contributed by atoms with Crippen LogP contribution in [-0.4, -0.2) is 16.1 Å². The number of carbonyl (C=O) groups is 1. The van der Waals surface area contributed by atoms with Crippen molar-refractivity contribution >= 4 is 28.9 Å². The molecule has 2 rings (SSSR count). The molecule has 78 valence electrons. The molecule has 0 aromatic carbocycles. The van der Waals surface area contributed by atoms with Crippen molar-refractivity contribution in [2.24, 2.45) is 0 Å². The van der Waals surface area contributed by atoms with Crippen molar-refractivity contribution in [3.63, 3.8) is 0 Å². The van der Waals surface area contributed by atoms with Gasteiger partial charge in [0.05, 0.1) is 6.42 Å². The number of hydrogen-bond donors (Lipinski definition) is 1. The Kier molecular flexibility index (Phi) is 2.75. The average molecular weight is 244 g/mol. The van der Waals surface area contributed by atoms with Crippen LogP contribution in [0.1, 0.15) is 4.88 Å². The summed E-state index contributed by atoms with van der Waals surface area (Å²) in [5, 5.41) is 9.51. The summed E-state index contributed by atoms with van der Waals surface area (Å²) in [4.78, 5) is 15.2. The molecule has 0 aliphatic heterocycles. The van der Waals surface area contributed by atoms with Crippen molar-refractivity contribution in [3.05, 3.63) is 28.4 Å². The normalized spacial score (nSPS) is 10.5. The predicted octanol–water partition coefficient (Wildman–Crippen LogP) is 2.68. The molecule has 0 radical (unpaired) electrons. The van der Waals surface area contributed by atoms with Gasteiger partial charge in [-0.1, -0.05) is 0 Å². The van der Waals surface area contributed by atoms with Crippen molar-refractivity contribution in [3.8, 4) is 10.8 Å². The maximum absolute atomic E-state index is 10.5. The van der Waals surface area contributed by atoms with Crippen LogP contribution in [0.2, 0.25) is 5.22 Å². The number of carboxylic acids is 1. The lowest BCUT2D eigenvalue weighted by Crippen LogP contribution is -1.97. The van der Waals surface area contributed by atoms with Gasteiger partial charge < -0.3 is 9.52 Å². The number of hydrogen-bond acceptors (Lipinski definition) is 4. The first kappa shape index (κ1) is 10.2. The molecular formula is C9H6ClNO3S. The Labute approximate surface area is 94.1 Å². The zero-order valence-corrected chi connectivity index (χ0v) is 9.01. The minimum absolute atomic E-state index is 0.0217. The standard InChI is InChI=1S/C9H6ClNO3S/c10-7-2-1-6(14-7)9-11-4-5(15-9)3-8(12)13/h1-2,4H,3H2,(H,12,13). The second-order valence-electron chi connectivity index (χ2n) is 2.81. The van der Waals surface area contributed by atoms with E-state index in [1.807, 2.05) is 0 Å². The van der Waals surface area contributed by atoms with Gasteiger partial charge in [-0.25, -0.2) is 4.98 Å². The Morgan fingerprint density at radius 1 is 1.60 bits per heavy atom. The maximum Gasteiger partial charge on any atom is 0.308 e. The third kappa shape index (κ3) is 2.37. The Morgan fingerprint density at radius 3 is 3.00 bits per heavy atom. The number of rotatable bonds is 3. The molecule has 0 aliphatic rings. The zero-order chi connectivity index (χ0) is 10.8. The van der Waals surface area contributed by atoms with Gasteiger partial charge in [0.15, 0.2) is 16.0 Å². The molecule has 0 atom stereocenters. The molecule has 0 fully saturated rings. The monoisotopic (exact) mass is 243 g/mol. The summed E-state index contributed by atoms with van der Waals surface area (Å²) in [6.07, 6.45) is 1.51. The van der Waals surface area contributed by atoms with Gasteiger partial charge in [0.1, 0.15) is 0 Å². The smallest absolute Gasteiger partial charge is 0.308 e. The minimum Gasteiger partial charge on any atom is -0.481 e. The van der Waals surface area contributed by atoms with Crippen LogP contribution in [0.15, 0.2) is 22.7 Å². The molecule has 0 saturated carbocycles. The molecule has 0 aliphatic carbocycles. The Hall–Kier alpha value is -1.33. The maximum atomic E-state index is 10.5. The minimum atomic E-state index is -0.873. The summed E-state index contributed by atoms with van der Waals surface area (Å²) in [6, 6.07) is 3.32. The molecule has 0 amide bonds. The largest absolute Gasteiger partial charge is 0.481 e. The summed E-state index contributed by atoms with van der Waals surface area (Å²) in [5.74, 6) is -0.315. The van der Waals surface area contributed by atoms with E-state index in [9.17, 15) is 4.79 Å². The third-order valence-electron chi connectivity index (χ3n) is 1.66. The predicted molar refractivity (Wildman–Crippen MR) is 56.2 cm³/mol. The lowest BCUT2D eigenvalue weighted by molar-refractivity contribution is -0.136. The van der Waals surface area contributed by atoms with Gasteiger partial charge >= 0.3 is 5.97 Å². The summed E-state index contributed by atoms with van der Waals surface area (Å²) in [7, 11) is 0. The van der Waals surface area contributed by atoms with E-state index < -0.39 is 5.97 Å². The van der Waals surface area contributed by atoms with Crippen LogP contribution in [0.4, 0.5) is 0 Å². The van der Waals surface area contributed by atoms with Crippen molar-refractivity contribution < 1.29 is 14.3 Å². The Balaban J connectivity index is 2.23. The number of carboxylic acid groups (broad SMARTS) is 1. The first-order valence-corrected chi connectivity index (χ1v) is 5.27. The van der Waals surface area contributed by atoms with Crippen LogP contribution in [0.25, 0.3) is 10.8 Å². The van der Waals surface area contributed by atoms with E-state index >= 15 is 0 Å². The first-order valence-electron chi connectivity index (χ1n) is 4.07. The van der Waals surface area contributed by atoms with Gasteiger partial charge in [0, 0.05) is 11.1 Å². The van der Waals surface area contributed by atoms with Gasteiger partial charge in [-0.05, 0) is 23.7 Å². The summed E-state index contributed by atoms with van der Waals surface area (Å²) < 4.78 is 5.15. The molecule has 0 bridgehead atoms. The quantitative estimate of drug-likeness (QED) is 0.900. The molecular weight excluding hydrogens is 238 g/mol. The van der Waals surface area contributed by atoms with E-state index in [0.29, 0.717) is 20.9 Å². The third-order valence-corrected chi connectivity index (χ3v) is 2.88. The molecule has 0 spiro atoms. The van der Waals surface area contributed by atoms with E-state index in [2.05, 4.69) is 4.98 Å². The van der Waals surface area contributed by atoms with Crippen LogP contribution in [0, 0.1) is 0 Å². The average Bonchev–Trinajstić information content (AvgIpc) is 2.72. The Bertz CT molecular complexity index is 491. The highest BCUT2D eigenvalue weighted by Gasteiger charge is 2.10. The molecule has 15 heavy (non-hydrogen) atoms. The van der Waals surface area contributed by atoms with Crippen molar-refractivity contribution in [2.45, 2.75) is 6.42 Å². The summed E-state index contributed by atoms with van der Waals surface area (Å²) >= 11 is 6.90. The summed E-state index contributed by atoms with van der Waals surface area (Å²) in [5.41, 5.74) is 0. The van der Waals surface area contributed by atoms with E-state index in [1.54, 1.807) is 12.1 Å². The zero-order valence-electron chi connectivity index (χ0n) is 7.44. The second-order valence-corrected chi connectivity index (χ2v) is 4.29. The highest BCUT2D eigenvalue weighted by Crippen LogP contribution is 2.28.